The van der Waals surface area contributed by atoms with E-state index in [0.29, 0.717) is 5.41 Å². The third-order valence-electron chi connectivity index (χ3n) is 4.88. The largest absolute Gasteiger partial charge is 0.303 e. The number of aromatic nitrogens is 2. The van der Waals surface area contributed by atoms with Crippen molar-refractivity contribution in [2.45, 2.75) is 44.9 Å². The van der Waals surface area contributed by atoms with Gasteiger partial charge in [0.1, 0.15) is 0 Å². The van der Waals surface area contributed by atoms with Gasteiger partial charge in [0.2, 0.25) is 0 Å². The molecule has 18 heavy (non-hydrogen) atoms. The first-order chi connectivity index (χ1) is 8.77. The van der Waals surface area contributed by atoms with Gasteiger partial charge in [0.15, 0.2) is 5.65 Å². The lowest BCUT2D eigenvalue weighted by Gasteiger charge is -2.32. The molecule has 0 aliphatic heterocycles. The first-order valence-electron chi connectivity index (χ1n) is 6.92. The van der Waals surface area contributed by atoms with Crippen LogP contribution in [0, 0.1) is 5.41 Å². The van der Waals surface area contributed by atoms with E-state index in [2.05, 4.69) is 38.7 Å². The van der Waals surface area contributed by atoms with Gasteiger partial charge in [-0.1, -0.05) is 12.8 Å². The monoisotopic (exact) mass is 304 g/mol. The number of halogens is 1. The Morgan fingerprint density at radius 3 is 2.89 bits per heavy atom. The topological polar surface area (TPSA) is 17.3 Å². The molecule has 2 aliphatic carbocycles. The van der Waals surface area contributed by atoms with E-state index < -0.39 is 0 Å². The molecule has 0 saturated heterocycles. The fourth-order valence-corrected chi connectivity index (χ4v) is 4.33. The summed E-state index contributed by atoms with van der Waals surface area (Å²) in [4.78, 5) is 4.82. The Labute approximate surface area is 116 Å². The SMILES string of the molecule is Brc1cccn2c3c(nc12)CCC1(CCCC1)C3. The zero-order chi connectivity index (χ0) is 12.2. The van der Waals surface area contributed by atoms with Gasteiger partial charge in [0.25, 0.3) is 0 Å². The normalized spacial score (nSPS) is 21.6. The molecule has 2 nitrogen and oxygen atoms in total. The summed E-state index contributed by atoms with van der Waals surface area (Å²) in [5.41, 5.74) is 4.50. The quantitative estimate of drug-likeness (QED) is 0.715. The van der Waals surface area contributed by atoms with Crippen molar-refractivity contribution in [1.29, 1.82) is 0 Å². The van der Waals surface area contributed by atoms with E-state index >= 15 is 0 Å². The summed E-state index contributed by atoms with van der Waals surface area (Å²) in [5.74, 6) is 0. The molecule has 4 rings (SSSR count). The zero-order valence-electron chi connectivity index (χ0n) is 10.5. The van der Waals surface area contributed by atoms with Gasteiger partial charge in [-0.15, -0.1) is 0 Å². The molecular weight excluding hydrogens is 288 g/mol. The van der Waals surface area contributed by atoms with Crippen LogP contribution in [0.2, 0.25) is 0 Å². The molecule has 2 aliphatic rings. The number of nitrogens with zero attached hydrogens (tertiary/aromatic N) is 2. The number of fused-ring (bicyclic) bond motifs is 3. The van der Waals surface area contributed by atoms with Crippen molar-refractivity contribution < 1.29 is 0 Å². The molecule has 1 spiro atoms. The highest BCUT2D eigenvalue weighted by Crippen LogP contribution is 2.47. The average molecular weight is 305 g/mol. The number of aryl methyl sites for hydroxylation is 1. The molecule has 3 heteroatoms. The third kappa shape index (κ3) is 1.49. The Bertz CT molecular complexity index is 608. The van der Waals surface area contributed by atoms with E-state index in [1.54, 1.807) is 0 Å². The second kappa shape index (κ2) is 3.83. The van der Waals surface area contributed by atoms with Crippen LogP contribution in [-0.2, 0) is 12.8 Å². The van der Waals surface area contributed by atoms with Gasteiger partial charge in [-0.05, 0) is 65.6 Å². The lowest BCUT2D eigenvalue weighted by atomic mass is 9.73. The Balaban J connectivity index is 1.87. The zero-order valence-corrected chi connectivity index (χ0v) is 12.0. The van der Waals surface area contributed by atoms with Gasteiger partial charge in [0, 0.05) is 11.9 Å². The maximum absolute atomic E-state index is 4.82. The second-order valence-electron chi connectivity index (χ2n) is 5.94. The molecule has 2 heterocycles. The van der Waals surface area contributed by atoms with Gasteiger partial charge in [-0.3, -0.25) is 0 Å². The molecule has 2 aromatic rings. The van der Waals surface area contributed by atoms with Crippen LogP contribution < -0.4 is 0 Å². The lowest BCUT2D eigenvalue weighted by molar-refractivity contribution is 0.250. The summed E-state index contributed by atoms with van der Waals surface area (Å²) >= 11 is 3.61. The molecule has 0 radical (unpaired) electrons. The molecule has 0 amide bonds. The minimum Gasteiger partial charge on any atom is -0.303 e. The van der Waals surface area contributed by atoms with Crippen LogP contribution in [-0.4, -0.2) is 9.38 Å². The second-order valence-corrected chi connectivity index (χ2v) is 6.79. The highest BCUT2D eigenvalue weighted by atomic mass is 79.9. The number of imidazole rings is 1. The Hall–Kier alpha value is -0.830. The molecule has 94 valence electrons. The number of rotatable bonds is 0. The summed E-state index contributed by atoms with van der Waals surface area (Å²) in [7, 11) is 0. The first-order valence-corrected chi connectivity index (χ1v) is 7.71. The smallest absolute Gasteiger partial charge is 0.151 e. The minimum absolute atomic E-state index is 0.602. The summed E-state index contributed by atoms with van der Waals surface area (Å²) < 4.78 is 3.42. The van der Waals surface area contributed by atoms with Gasteiger partial charge in [0.05, 0.1) is 10.2 Å². The molecule has 0 atom stereocenters. The molecule has 1 saturated carbocycles. The van der Waals surface area contributed by atoms with Crippen molar-refractivity contribution >= 4 is 21.6 Å². The van der Waals surface area contributed by atoms with Crippen molar-refractivity contribution in [2.75, 3.05) is 0 Å². The van der Waals surface area contributed by atoms with E-state index in [0.717, 1.165) is 10.1 Å². The van der Waals surface area contributed by atoms with E-state index in [-0.39, 0.29) is 0 Å². The molecular formula is C15H17BrN2. The van der Waals surface area contributed by atoms with Crippen molar-refractivity contribution in [2.24, 2.45) is 5.41 Å². The summed E-state index contributed by atoms with van der Waals surface area (Å²) in [5, 5.41) is 0. The molecule has 0 unspecified atom stereocenters. The van der Waals surface area contributed by atoms with Gasteiger partial charge in [-0.2, -0.15) is 0 Å². The maximum atomic E-state index is 4.82. The van der Waals surface area contributed by atoms with Crippen LogP contribution in [0.3, 0.4) is 0 Å². The van der Waals surface area contributed by atoms with Crippen LogP contribution in [0.5, 0.6) is 0 Å². The standard InChI is InChI=1S/C15H17BrN2/c16-11-4-3-9-18-13-10-15(6-1-2-7-15)8-5-12(13)17-14(11)18/h3-4,9H,1-2,5-8,10H2. The number of hydrogen-bond acceptors (Lipinski definition) is 1. The summed E-state index contributed by atoms with van der Waals surface area (Å²) in [6.45, 7) is 0. The van der Waals surface area contributed by atoms with E-state index in [4.69, 9.17) is 4.98 Å². The van der Waals surface area contributed by atoms with Crippen molar-refractivity contribution in [3.8, 4) is 0 Å². The number of pyridine rings is 1. The van der Waals surface area contributed by atoms with Crippen LogP contribution in [0.4, 0.5) is 0 Å². The van der Waals surface area contributed by atoms with Crippen LogP contribution in [0.25, 0.3) is 5.65 Å². The van der Waals surface area contributed by atoms with Crippen LogP contribution in [0.1, 0.15) is 43.5 Å². The fourth-order valence-electron chi connectivity index (χ4n) is 3.90. The predicted octanol–water partition coefficient (Wildman–Crippen LogP) is 4.15. The Morgan fingerprint density at radius 2 is 2.06 bits per heavy atom. The Kier molecular flexibility index (Phi) is 2.35. The highest BCUT2D eigenvalue weighted by Gasteiger charge is 2.38. The number of hydrogen-bond donors (Lipinski definition) is 0. The Morgan fingerprint density at radius 1 is 1.22 bits per heavy atom. The molecule has 2 aromatic heterocycles. The maximum Gasteiger partial charge on any atom is 0.151 e. The van der Waals surface area contributed by atoms with Crippen molar-refractivity contribution in [3.05, 3.63) is 34.2 Å². The minimum atomic E-state index is 0.602. The fraction of sp³-hybridized carbons (Fsp3) is 0.533. The lowest BCUT2D eigenvalue weighted by Crippen LogP contribution is -2.26. The summed E-state index contributed by atoms with van der Waals surface area (Å²) in [6, 6.07) is 4.19. The van der Waals surface area contributed by atoms with Crippen LogP contribution >= 0.6 is 15.9 Å². The van der Waals surface area contributed by atoms with Crippen molar-refractivity contribution in [1.82, 2.24) is 9.38 Å². The van der Waals surface area contributed by atoms with E-state index in [1.807, 2.05) is 0 Å². The molecule has 0 N–H and O–H groups in total. The third-order valence-corrected chi connectivity index (χ3v) is 5.50. The average Bonchev–Trinajstić information content (AvgIpc) is 2.96. The molecule has 0 aromatic carbocycles. The highest BCUT2D eigenvalue weighted by molar-refractivity contribution is 9.10. The summed E-state index contributed by atoms with van der Waals surface area (Å²) in [6.07, 6.45) is 11.6. The van der Waals surface area contributed by atoms with E-state index in [9.17, 15) is 0 Å². The predicted molar refractivity (Wildman–Crippen MR) is 75.8 cm³/mol. The first kappa shape index (κ1) is 11.0. The van der Waals surface area contributed by atoms with E-state index in [1.165, 1.54) is 56.3 Å². The van der Waals surface area contributed by atoms with Gasteiger partial charge >= 0.3 is 0 Å². The van der Waals surface area contributed by atoms with Gasteiger partial charge in [-0.25, -0.2) is 4.98 Å². The van der Waals surface area contributed by atoms with Crippen molar-refractivity contribution in [3.63, 3.8) is 0 Å². The van der Waals surface area contributed by atoms with Gasteiger partial charge < -0.3 is 4.40 Å². The van der Waals surface area contributed by atoms with Crippen LogP contribution in [0.15, 0.2) is 22.8 Å². The molecule has 1 fully saturated rings. The molecule has 0 bridgehead atoms.